The summed E-state index contributed by atoms with van der Waals surface area (Å²) >= 11 is 3.14. The molecule has 0 bridgehead atoms. The highest BCUT2D eigenvalue weighted by Gasteiger charge is 2.21. The fourth-order valence-electron chi connectivity index (χ4n) is 1.84. The second-order valence-corrected chi connectivity index (χ2v) is 5.61. The topological polar surface area (TPSA) is 47.3 Å². The van der Waals surface area contributed by atoms with Crippen LogP contribution in [0.15, 0.2) is 16.7 Å². The van der Waals surface area contributed by atoms with Crippen LogP contribution in [-0.2, 0) is 6.54 Å². The summed E-state index contributed by atoms with van der Waals surface area (Å²) in [5.74, 6) is -0.344. The SMILES string of the molecule is COc1c(F)c(Br)cc2cnn(CC(C)(C)O)c12. The smallest absolute Gasteiger partial charge is 0.181 e. The van der Waals surface area contributed by atoms with Crippen molar-refractivity contribution in [1.29, 1.82) is 0 Å². The molecule has 18 heavy (non-hydrogen) atoms. The number of aliphatic hydroxyl groups is 1. The number of fused-ring (bicyclic) bond motifs is 1. The molecule has 1 N–H and O–H groups in total. The molecule has 0 atom stereocenters. The van der Waals surface area contributed by atoms with Crippen LogP contribution in [0, 0.1) is 5.82 Å². The van der Waals surface area contributed by atoms with E-state index in [1.165, 1.54) is 7.11 Å². The number of methoxy groups -OCH3 is 1. The molecule has 0 amide bonds. The Balaban J connectivity index is 2.67. The van der Waals surface area contributed by atoms with Gasteiger partial charge in [0.25, 0.3) is 0 Å². The van der Waals surface area contributed by atoms with Crippen molar-refractivity contribution in [3.8, 4) is 5.75 Å². The Bertz CT molecular complexity index is 590. The van der Waals surface area contributed by atoms with E-state index in [1.807, 2.05) is 0 Å². The predicted octanol–water partition coefficient (Wildman–Crippen LogP) is 2.72. The van der Waals surface area contributed by atoms with Gasteiger partial charge in [0, 0.05) is 5.39 Å². The highest BCUT2D eigenvalue weighted by Crippen LogP contribution is 2.34. The van der Waals surface area contributed by atoms with Crippen molar-refractivity contribution >= 4 is 26.8 Å². The van der Waals surface area contributed by atoms with Crippen LogP contribution in [0.2, 0.25) is 0 Å². The van der Waals surface area contributed by atoms with Crippen LogP contribution in [0.3, 0.4) is 0 Å². The first kappa shape index (κ1) is 13.3. The molecule has 0 saturated heterocycles. The van der Waals surface area contributed by atoms with Crippen molar-refractivity contribution in [2.45, 2.75) is 26.0 Å². The van der Waals surface area contributed by atoms with Crippen molar-refractivity contribution in [2.75, 3.05) is 7.11 Å². The number of ether oxygens (including phenoxy) is 1. The van der Waals surface area contributed by atoms with Crippen LogP contribution in [-0.4, -0.2) is 27.6 Å². The minimum atomic E-state index is -0.937. The van der Waals surface area contributed by atoms with E-state index in [0.29, 0.717) is 9.99 Å². The average Bonchev–Trinajstić information content (AvgIpc) is 2.61. The number of benzene rings is 1. The number of rotatable bonds is 3. The van der Waals surface area contributed by atoms with E-state index in [0.717, 1.165) is 5.39 Å². The Morgan fingerprint density at radius 1 is 1.56 bits per heavy atom. The van der Waals surface area contributed by atoms with Gasteiger partial charge in [-0.1, -0.05) is 0 Å². The second-order valence-electron chi connectivity index (χ2n) is 4.76. The summed E-state index contributed by atoms with van der Waals surface area (Å²) in [6.07, 6.45) is 1.62. The third-order valence-electron chi connectivity index (χ3n) is 2.51. The molecule has 0 unspecified atom stereocenters. The van der Waals surface area contributed by atoms with Gasteiger partial charge >= 0.3 is 0 Å². The van der Waals surface area contributed by atoms with Crippen LogP contribution in [0.4, 0.5) is 4.39 Å². The molecule has 0 aliphatic heterocycles. The maximum absolute atomic E-state index is 13.9. The number of nitrogens with zero attached hydrogens (tertiary/aromatic N) is 2. The molecule has 0 spiro atoms. The second kappa shape index (κ2) is 4.51. The van der Waals surface area contributed by atoms with Crippen molar-refractivity contribution < 1.29 is 14.2 Å². The molecule has 0 saturated carbocycles. The first-order valence-electron chi connectivity index (χ1n) is 5.43. The van der Waals surface area contributed by atoms with Gasteiger partial charge in [-0.3, -0.25) is 4.68 Å². The van der Waals surface area contributed by atoms with Gasteiger partial charge in [-0.15, -0.1) is 0 Å². The van der Waals surface area contributed by atoms with Crippen molar-refractivity contribution in [3.05, 3.63) is 22.6 Å². The van der Waals surface area contributed by atoms with Crippen LogP contribution < -0.4 is 4.74 Å². The fourth-order valence-corrected chi connectivity index (χ4v) is 2.27. The maximum Gasteiger partial charge on any atom is 0.181 e. The maximum atomic E-state index is 13.9. The Labute approximate surface area is 112 Å². The quantitative estimate of drug-likeness (QED) is 0.947. The van der Waals surface area contributed by atoms with E-state index in [-0.39, 0.29) is 12.3 Å². The van der Waals surface area contributed by atoms with Gasteiger partial charge in [0.05, 0.1) is 29.9 Å². The average molecular weight is 317 g/mol. The van der Waals surface area contributed by atoms with Crippen molar-refractivity contribution in [3.63, 3.8) is 0 Å². The van der Waals surface area contributed by atoms with Gasteiger partial charge in [0.1, 0.15) is 5.52 Å². The predicted molar refractivity (Wildman–Crippen MR) is 70.2 cm³/mol. The van der Waals surface area contributed by atoms with E-state index < -0.39 is 11.4 Å². The van der Waals surface area contributed by atoms with Gasteiger partial charge in [0.2, 0.25) is 0 Å². The van der Waals surface area contributed by atoms with Gasteiger partial charge in [0.15, 0.2) is 11.6 Å². The van der Waals surface area contributed by atoms with Crippen molar-refractivity contribution in [1.82, 2.24) is 9.78 Å². The van der Waals surface area contributed by atoms with E-state index in [4.69, 9.17) is 4.74 Å². The summed E-state index contributed by atoms with van der Waals surface area (Å²) in [5.41, 5.74) is -0.395. The normalized spacial score (nSPS) is 12.1. The van der Waals surface area contributed by atoms with Crippen LogP contribution >= 0.6 is 15.9 Å². The lowest BCUT2D eigenvalue weighted by atomic mass is 10.1. The molecule has 1 aromatic heterocycles. The number of hydrogen-bond donors (Lipinski definition) is 1. The highest BCUT2D eigenvalue weighted by atomic mass is 79.9. The lowest BCUT2D eigenvalue weighted by molar-refractivity contribution is 0.0590. The first-order valence-corrected chi connectivity index (χ1v) is 6.22. The van der Waals surface area contributed by atoms with Gasteiger partial charge in [-0.25, -0.2) is 4.39 Å². The van der Waals surface area contributed by atoms with Crippen LogP contribution in [0.5, 0.6) is 5.75 Å². The molecule has 0 radical (unpaired) electrons. The molecule has 0 fully saturated rings. The third kappa shape index (κ3) is 2.35. The summed E-state index contributed by atoms with van der Waals surface area (Å²) in [6, 6.07) is 1.64. The number of hydrogen-bond acceptors (Lipinski definition) is 3. The van der Waals surface area contributed by atoms with Gasteiger partial charge < -0.3 is 9.84 Å². The summed E-state index contributed by atoms with van der Waals surface area (Å²) in [5, 5.41) is 14.7. The summed E-state index contributed by atoms with van der Waals surface area (Å²) in [7, 11) is 1.41. The summed E-state index contributed by atoms with van der Waals surface area (Å²) in [6.45, 7) is 3.60. The Hall–Kier alpha value is -1.14. The van der Waals surface area contributed by atoms with Crippen LogP contribution in [0.25, 0.3) is 10.9 Å². The highest BCUT2D eigenvalue weighted by molar-refractivity contribution is 9.10. The third-order valence-corrected chi connectivity index (χ3v) is 3.09. The monoisotopic (exact) mass is 316 g/mol. The first-order chi connectivity index (χ1) is 8.33. The molecule has 0 aliphatic rings. The largest absolute Gasteiger partial charge is 0.491 e. The van der Waals surface area contributed by atoms with E-state index in [9.17, 15) is 9.50 Å². The minimum Gasteiger partial charge on any atom is -0.491 e. The fraction of sp³-hybridized carbons (Fsp3) is 0.417. The number of halogens is 2. The van der Waals surface area contributed by atoms with E-state index in [1.54, 1.807) is 30.8 Å². The van der Waals surface area contributed by atoms with E-state index >= 15 is 0 Å². The molecular formula is C12H14BrFN2O2. The van der Waals surface area contributed by atoms with Crippen molar-refractivity contribution in [2.24, 2.45) is 0 Å². The molecule has 1 heterocycles. The lowest BCUT2D eigenvalue weighted by Crippen LogP contribution is -2.26. The van der Waals surface area contributed by atoms with Gasteiger partial charge in [-0.05, 0) is 35.8 Å². The van der Waals surface area contributed by atoms with Gasteiger partial charge in [-0.2, -0.15) is 5.10 Å². The molecule has 4 nitrogen and oxygen atoms in total. The molecule has 1 aromatic carbocycles. The molecule has 2 rings (SSSR count). The van der Waals surface area contributed by atoms with Crippen LogP contribution in [0.1, 0.15) is 13.8 Å². The molecule has 98 valence electrons. The molecular weight excluding hydrogens is 303 g/mol. The van der Waals surface area contributed by atoms with E-state index in [2.05, 4.69) is 21.0 Å². The minimum absolute atomic E-state index is 0.126. The Morgan fingerprint density at radius 2 is 2.22 bits per heavy atom. The molecule has 2 aromatic rings. The zero-order valence-electron chi connectivity index (χ0n) is 10.4. The lowest BCUT2D eigenvalue weighted by Gasteiger charge is -2.18. The standard InChI is InChI=1S/C12H14BrFN2O2/c1-12(2,17)6-16-10-7(5-15-16)4-8(13)9(14)11(10)18-3/h4-5,17H,6H2,1-3H3. The molecule has 0 aliphatic carbocycles. The number of aromatic nitrogens is 2. The Morgan fingerprint density at radius 3 is 2.78 bits per heavy atom. The summed E-state index contributed by atoms with van der Waals surface area (Å²) < 4.78 is 20.9. The Kier molecular flexibility index (Phi) is 3.33. The zero-order valence-corrected chi connectivity index (χ0v) is 12.0. The summed E-state index contributed by atoms with van der Waals surface area (Å²) in [4.78, 5) is 0. The zero-order chi connectivity index (χ0) is 13.5. The molecule has 6 heteroatoms.